The first-order chi connectivity index (χ1) is 15.3. The van der Waals surface area contributed by atoms with Crippen molar-refractivity contribution in [2.24, 2.45) is 0 Å². The van der Waals surface area contributed by atoms with Gasteiger partial charge < -0.3 is 9.84 Å². The van der Waals surface area contributed by atoms with Crippen LogP contribution < -0.4 is 5.32 Å². The lowest BCUT2D eigenvalue weighted by atomic mass is 9.82. The first-order valence-corrected chi connectivity index (χ1v) is 10.3. The molecule has 7 nitrogen and oxygen atoms in total. The molecule has 0 spiro atoms. The van der Waals surface area contributed by atoms with E-state index in [4.69, 9.17) is 4.74 Å². The number of hydrogen-bond donors (Lipinski definition) is 2. The number of aliphatic hydroxyl groups excluding tert-OH is 1. The Morgan fingerprint density at radius 3 is 2.72 bits per heavy atom. The fourth-order valence-corrected chi connectivity index (χ4v) is 4.17. The van der Waals surface area contributed by atoms with Gasteiger partial charge in [-0.3, -0.25) is 10.3 Å². The van der Waals surface area contributed by atoms with E-state index in [0.717, 1.165) is 18.4 Å². The van der Waals surface area contributed by atoms with Crippen LogP contribution in [0.3, 0.4) is 0 Å². The van der Waals surface area contributed by atoms with Crippen molar-refractivity contribution < 1.29 is 27.4 Å². The van der Waals surface area contributed by atoms with Crippen LogP contribution in [-0.2, 0) is 23.0 Å². The predicted molar refractivity (Wildman–Crippen MR) is 104 cm³/mol. The summed E-state index contributed by atoms with van der Waals surface area (Å²) in [5, 5.41) is 18.2. The van der Waals surface area contributed by atoms with Gasteiger partial charge in [0.15, 0.2) is 5.65 Å². The zero-order chi connectivity index (χ0) is 22.5. The monoisotopic (exact) mass is 451 g/mol. The molecule has 0 amide bonds. The van der Waals surface area contributed by atoms with E-state index in [1.54, 1.807) is 10.7 Å². The number of fused-ring (bicyclic) bond motifs is 1. The van der Waals surface area contributed by atoms with Crippen LogP contribution in [0.15, 0.2) is 30.9 Å². The highest BCUT2D eigenvalue weighted by molar-refractivity contribution is 5.47. The van der Waals surface area contributed by atoms with Crippen LogP contribution in [0.4, 0.5) is 17.6 Å². The number of ether oxygens (including phenoxy) is 1. The van der Waals surface area contributed by atoms with Crippen molar-refractivity contribution in [3.63, 3.8) is 0 Å². The lowest BCUT2D eigenvalue weighted by Crippen LogP contribution is -2.57. The van der Waals surface area contributed by atoms with Gasteiger partial charge in [-0.1, -0.05) is 0 Å². The van der Waals surface area contributed by atoms with Gasteiger partial charge in [0.25, 0.3) is 0 Å². The zero-order valence-corrected chi connectivity index (χ0v) is 16.9. The van der Waals surface area contributed by atoms with Crippen LogP contribution in [-0.4, -0.2) is 44.0 Å². The van der Waals surface area contributed by atoms with Crippen molar-refractivity contribution in [1.29, 1.82) is 0 Å². The van der Waals surface area contributed by atoms with Crippen LogP contribution >= 0.6 is 0 Å². The van der Waals surface area contributed by atoms with E-state index in [-0.39, 0.29) is 31.9 Å². The molecule has 2 aliphatic rings. The predicted octanol–water partition coefficient (Wildman–Crippen LogP) is 2.93. The van der Waals surface area contributed by atoms with Gasteiger partial charge in [0.1, 0.15) is 11.9 Å². The molecule has 0 radical (unpaired) electrons. The summed E-state index contributed by atoms with van der Waals surface area (Å²) >= 11 is 0. The number of pyridine rings is 1. The maximum Gasteiger partial charge on any atom is 0.417 e. The average molecular weight is 451 g/mol. The zero-order valence-electron chi connectivity index (χ0n) is 16.9. The maximum absolute atomic E-state index is 14.8. The van der Waals surface area contributed by atoms with Gasteiger partial charge in [-0.2, -0.15) is 18.3 Å². The summed E-state index contributed by atoms with van der Waals surface area (Å²) < 4.78 is 60.7. The number of alkyl halides is 3. The first kappa shape index (κ1) is 21.2. The Morgan fingerprint density at radius 2 is 2.03 bits per heavy atom. The molecule has 32 heavy (non-hydrogen) atoms. The SMILES string of the molecule is OC1COCCC1(NCc1cnn2cc(C3CC3)cnc12)c1ncc(C(F)(F)F)cc1F. The van der Waals surface area contributed by atoms with E-state index in [9.17, 15) is 22.7 Å². The normalized spacial score (nSPS) is 24.2. The summed E-state index contributed by atoms with van der Waals surface area (Å²) in [7, 11) is 0. The Morgan fingerprint density at radius 1 is 1.22 bits per heavy atom. The Balaban J connectivity index is 1.46. The van der Waals surface area contributed by atoms with Crippen molar-refractivity contribution in [3.8, 4) is 0 Å². The minimum Gasteiger partial charge on any atom is -0.388 e. The number of aromatic nitrogens is 4. The average Bonchev–Trinajstić information content (AvgIpc) is 3.53. The molecule has 1 saturated carbocycles. The topological polar surface area (TPSA) is 84.6 Å². The number of hydrogen-bond acceptors (Lipinski definition) is 6. The van der Waals surface area contributed by atoms with Gasteiger partial charge in [-0.05, 0) is 36.8 Å². The Labute approximate surface area is 180 Å². The molecule has 1 saturated heterocycles. The molecule has 2 atom stereocenters. The second-order valence-corrected chi connectivity index (χ2v) is 8.32. The van der Waals surface area contributed by atoms with E-state index >= 15 is 0 Å². The lowest BCUT2D eigenvalue weighted by Gasteiger charge is -2.41. The maximum atomic E-state index is 14.8. The molecule has 3 aromatic rings. The van der Waals surface area contributed by atoms with Gasteiger partial charge in [0.05, 0.1) is 29.6 Å². The van der Waals surface area contributed by atoms with Crippen LogP contribution in [0.1, 0.15) is 47.6 Å². The molecule has 3 aromatic heterocycles. The van der Waals surface area contributed by atoms with Crippen molar-refractivity contribution in [3.05, 3.63) is 59.1 Å². The molecule has 1 aliphatic carbocycles. The van der Waals surface area contributed by atoms with Gasteiger partial charge in [-0.25, -0.2) is 13.9 Å². The van der Waals surface area contributed by atoms with Gasteiger partial charge in [0, 0.05) is 37.3 Å². The fourth-order valence-electron chi connectivity index (χ4n) is 4.17. The number of rotatable bonds is 5. The van der Waals surface area contributed by atoms with Crippen LogP contribution in [0, 0.1) is 5.82 Å². The van der Waals surface area contributed by atoms with E-state index in [0.29, 0.717) is 29.4 Å². The van der Waals surface area contributed by atoms with Crippen molar-refractivity contribution >= 4 is 5.65 Å². The molecule has 0 bridgehead atoms. The second kappa shape index (κ2) is 7.75. The van der Waals surface area contributed by atoms with Crippen LogP contribution in [0.5, 0.6) is 0 Å². The van der Waals surface area contributed by atoms with E-state index in [1.807, 2.05) is 12.4 Å². The Bertz CT molecular complexity index is 1150. The third kappa shape index (κ3) is 3.74. The summed E-state index contributed by atoms with van der Waals surface area (Å²) in [5.74, 6) is -0.618. The Hall–Kier alpha value is -2.63. The summed E-state index contributed by atoms with van der Waals surface area (Å²) in [6, 6.07) is 0.407. The molecule has 4 heterocycles. The molecular weight excluding hydrogens is 430 g/mol. The second-order valence-electron chi connectivity index (χ2n) is 8.32. The number of nitrogens with zero attached hydrogens (tertiary/aromatic N) is 4. The molecule has 0 aromatic carbocycles. The highest BCUT2D eigenvalue weighted by atomic mass is 19.4. The summed E-state index contributed by atoms with van der Waals surface area (Å²) in [4.78, 5) is 8.28. The van der Waals surface area contributed by atoms with E-state index < -0.39 is 29.2 Å². The molecule has 11 heteroatoms. The van der Waals surface area contributed by atoms with Crippen molar-refractivity contribution in [2.75, 3.05) is 13.2 Å². The third-order valence-electron chi connectivity index (χ3n) is 6.17. The Kier molecular flexibility index (Phi) is 5.14. The largest absolute Gasteiger partial charge is 0.417 e. The molecular formula is C21H21F4N5O2. The molecule has 2 N–H and O–H groups in total. The first-order valence-electron chi connectivity index (χ1n) is 10.3. The summed E-state index contributed by atoms with van der Waals surface area (Å²) in [6.07, 6.45) is 2.42. The number of nitrogens with one attached hydrogen (secondary N) is 1. The highest BCUT2D eigenvalue weighted by Crippen LogP contribution is 2.40. The number of halogens is 4. The third-order valence-corrected chi connectivity index (χ3v) is 6.17. The van der Waals surface area contributed by atoms with E-state index in [2.05, 4.69) is 20.4 Å². The van der Waals surface area contributed by atoms with Crippen LogP contribution in [0.25, 0.3) is 5.65 Å². The van der Waals surface area contributed by atoms with Gasteiger partial charge in [0.2, 0.25) is 0 Å². The standard InChI is InChI=1S/C21H21F4N5O2/c22-16-5-15(21(23,24)25)9-26-18(16)20(3-4-32-11-17(20)31)28-7-13-8-29-30-10-14(12-1-2-12)6-27-19(13)30/h5-6,8-10,12,17,28,31H,1-4,7,11H2. The van der Waals surface area contributed by atoms with E-state index in [1.165, 1.54) is 0 Å². The van der Waals surface area contributed by atoms with Gasteiger partial charge >= 0.3 is 6.18 Å². The summed E-state index contributed by atoms with van der Waals surface area (Å²) in [6.45, 7) is 0.231. The van der Waals surface area contributed by atoms with Crippen molar-refractivity contribution in [2.45, 2.75) is 49.5 Å². The fraction of sp³-hybridized carbons (Fsp3) is 0.476. The number of aliphatic hydroxyl groups is 1. The van der Waals surface area contributed by atoms with Gasteiger partial charge in [-0.15, -0.1) is 0 Å². The van der Waals surface area contributed by atoms with Crippen molar-refractivity contribution in [1.82, 2.24) is 24.9 Å². The molecule has 2 unspecified atom stereocenters. The molecule has 170 valence electrons. The minimum atomic E-state index is -4.72. The molecule has 5 rings (SSSR count). The quantitative estimate of drug-likeness (QED) is 0.581. The minimum absolute atomic E-state index is 0.104. The smallest absolute Gasteiger partial charge is 0.388 e. The highest BCUT2D eigenvalue weighted by Gasteiger charge is 2.46. The van der Waals surface area contributed by atoms with Crippen LogP contribution in [0.2, 0.25) is 0 Å². The molecule has 2 fully saturated rings. The molecule has 1 aliphatic heterocycles. The summed E-state index contributed by atoms with van der Waals surface area (Å²) in [5.41, 5.74) is -0.450. The lowest BCUT2D eigenvalue weighted by molar-refractivity contribution is -0.138.